The lowest BCUT2D eigenvalue weighted by molar-refractivity contribution is -0.129. The quantitative estimate of drug-likeness (QED) is 0.599. The maximum atomic E-state index is 12.3. The molecule has 0 aliphatic heterocycles. The average molecular weight is 343 g/mol. The molecule has 2 rings (SSSR count). The Morgan fingerprint density at radius 3 is 2.54 bits per heavy atom. The van der Waals surface area contributed by atoms with E-state index in [1.807, 2.05) is 61.7 Å². The first-order chi connectivity index (χ1) is 11.6. The van der Waals surface area contributed by atoms with Crippen molar-refractivity contribution in [2.45, 2.75) is 26.3 Å². The van der Waals surface area contributed by atoms with E-state index in [0.717, 1.165) is 10.4 Å². The molecule has 0 aliphatic rings. The Morgan fingerprint density at radius 1 is 1.17 bits per heavy atom. The van der Waals surface area contributed by atoms with Crippen molar-refractivity contribution in [2.24, 2.45) is 11.0 Å². The van der Waals surface area contributed by atoms with Crippen molar-refractivity contribution in [1.29, 1.82) is 0 Å². The van der Waals surface area contributed by atoms with E-state index < -0.39 is 6.04 Å². The molecule has 1 aromatic heterocycles. The number of carbonyl (C=O) groups is 2. The maximum absolute atomic E-state index is 12.3. The number of thiophene rings is 1. The number of nitrogens with zero attached hydrogens (tertiary/aromatic N) is 1. The van der Waals surface area contributed by atoms with Crippen molar-refractivity contribution in [3.05, 3.63) is 58.3 Å². The van der Waals surface area contributed by atoms with Crippen molar-refractivity contribution in [3.63, 3.8) is 0 Å². The summed E-state index contributed by atoms with van der Waals surface area (Å²) in [7, 11) is 0. The van der Waals surface area contributed by atoms with Crippen LogP contribution in [0.5, 0.6) is 0 Å². The van der Waals surface area contributed by atoms with Crippen LogP contribution in [0.2, 0.25) is 0 Å². The molecule has 1 heterocycles. The van der Waals surface area contributed by atoms with E-state index in [1.165, 1.54) is 11.3 Å². The fourth-order valence-corrected chi connectivity index (χ4v) is 2.81. The molecule has 2 N–H and O–H groups in total. The molecule has 0 bridgehead atoms. The Labute approximate surface area is 145 Å². The highest BCUT2D eigenvalue weighted by Crippen LogP contribution is 2.10. The summed E-state index contributed by atoms with van der Waals surface area (Å²) in [6.45, 7) is 3.77. The lowest BCUT2D eigenvalue weighted by Crippen LogP contribution is -2.49. The largest absolute Gasteiger partial charge is 0.344 e. The predicted octanol–water partition coefficient (Wildman–Crippen LogP) is 2.58. The van der Waals surface area contributed by atoms with Crippen LogP contribution in [0.3, 0.4) is 0 Å². The van der Waals surface area contributed by atoms with Crippen LogP contribution in [-0.4, -0.2) is 24.1 Å². The average Bonchev–Trinajstić information content (AvgIpc) is 3.06. The number of benzene rings is 1. The molecule has 1 atom stereocenters. The summed E-state index contributed by atoms with van der Waals surface area (Å²) in [5.74, 6) is -0.528. The zero-order valence-electron chi connectivity index (χ0n) is 13.7. The highest BCUT2D eigenvalue weighted by Gasteiger charge is 2.24. The highest BCUT2D eigenvalue weighted by atomic mass is 32.1. The van der Waals surface area contributed by atoms with Crippen LogP contribution in [0.1, 0.15) is 24.3 Å². The molecule has 0 spiro atoms. The van der Waals surface area contributed by atoms with Crippen molar-refractivity contribution in [1.82, 2.24) is 10.7 Å². The van der Waals surface area contributed by atoms with Gasteiger partial charge in [-0.15, -0.1) is 11.3 Å². The molecule has 0 saturated heterocycles. The molecule has 2 aromatic rings. The Balaban J connectivity index is 1.90. The molecule has 0 fully saturated rings. The molecule has 1 aromatic carbocycles. The van der Waals surface area contributed by atoms with Gasteiger partial charge in [-0.1, -0.05) is 50.2 Å². The van der Waals surface area contributed by atoms with Gasteiger partial charge in [0.15, 0.2) is 0 Å². The second-order valence-corrected chi connectivity index (χ2v) is 6.72. The Morgan fingerprint density at radius 2 is 1.92 bits per heavy atom. The van der Waals surface area contributed by atoms with Gasteiger partial charge in [0, 0.05) is 4.88 Å². The normalized spacial score (nSPS) is 12.3. The van der Waals surface area contributed by atoms with Crippen LogP contribution in [0, 0.1) is 5.92 Å². The first-order valence-electron chi connectivity index (χ1n) is 7.76. The number of hydrazone groups is 1. The van der Waals surface area contributed by atoms with Crippen LogP contribution in [-0.2, 0) is 16.0 Å². The van der Waals surface area contributed by atoms with E-state index in [1.54, 1.807) is 6.21 Å². The molecular weight excluding hydrogens is 322 g/mol. The highest BCUT2D eigenvalue weighted by molar-refractivity contribution is 7.10. The maximum Gasteiger partial charge on any atom is 0.262 e. The van der Waals surface area contributed by atoms with Crippen molar-refractivity contribution in [3.8, 4) is 0 Å². The van der Waals surface area contributed by atoms with Gasteiger partial charge >= 0.3 is 0 Å². The summed E-state index contributed by atoms with van der Waals surface area (Å²) < 4.78 is 0. The van der Waals surface area contributed by atoms with E-state index in [0.29, 0.717) is 0 Å². The zero-order chi connectivity index (χ0) is 17.4. The number of amides is 2. The number of nitrogens with one attached hydrogen (secondary N) is 2. The standard InChI is InChI=1S/C18H21N3O2S/c1-13(2)17(20-16(22)11-15-9-6-10-24-15)18(23)21-19-12-14-7-4-3-5-8-14/h3-10,12-13,17H,11H2,1-2H3,(H,20,22)(H,21,23)/b19-12-/t17-/m0/s1. The van der Waals surface area contributed by atoms with E-state index in [9.17, 15) is 9.59 Å². The molecular formula is C18H21N3O2S. The van der Waals surface area contributed by atoms with Crippen LogP contribution < -0.4 is 10.7 Å². The van der Waals surface area contributed by atoms with Crippen molar-refractivity contribution in [2.75, 3.05) is 0 Å². The first kappa shape index (κ1) is 17.9. The first-order valence-corrected chi connectivity index (χ1v) is 8.64. The number of hydrogen-bond donors (Lipinski definition) is 2. The minimum absolute atomic E-state index is 0.0378. The van der Waals surface area contributed by atoms with Crippen LogP contribution >= 0.6 is 11.3 Å². The minimum atomic E-state index is -0.620. The van der Waals surface area contributed by atoms with Gasteiger partial charge in [-0.25, -0.2) is 5.43 Å². The molecule has 126 valence electrons. The molecule has 0 unspecified atom stereocenters. The Hall–Kier alpha value is -2.47. The summed E-state index contributed by atoms with van der Waals surface area (Å²) in [5, 5.41) is 8.66. The van der Waals surface area contributed by atoms with Gasteiger partial charge in [0.25, 0.3) is 5.91 Å². The topological polar surface area (TPSA) is 70.6 Å². The lowest BCUT2D eigenvalue weighted by Gasteiger charge is -2.20. The molecule has 0 radical (unpaired) electrons. The third-order valence-electron chi connectivity index (χ3n) is 3.37. The summed E-state index contributed by atoms with van der Waals surface area (Å²) in [4.78, 5) is 25.3. The predicted molar refractivity (Wildman–Crippen MR) is 97.0 cm³/mol. The SMILES string of the molecule is CC(C)[C@H](NC(=O)Cc1cccs1)C(=O)N/N=C\c1ccccc1. The van der Waals surface area contributed by atoms with Gasteiger partial charge in [0.05, 0.1) is 12.6 Å². The van der Waals surface area contributed by atoms with E-state index >= 15 is 0 Å². The smallest absolute Gasteiger partial charge is 0.262 e. The van der Waals surface area contributed by atoms with Crippen molar-refractivity contribution < 1.29 is 9.59 Å². The monoisotopic (exact) mass is 343 g/mol. The third-order valence-corrected chi connectivity index (χ3v) is 4.24. The van der Waals surface area contributed by atoms with Gasteiger partial charge in [-0.2, -0.15) is 5.10 Å². The number of carbonyl (C=O) groups excluding carboxylic acids is 2. The van der Waals surface area contributed by atoms with Gasteiger partial charge in [0.2, 0.25) is 5.91 Å². The van der Waals surface area contributed by atoms with Gasteiger partial charge in [-0.3, -0.25) is 9.59 Å². The molecule has 24 heavy (non-hydrogen) atoms. The Kier molecular flexibility index (Phi) is 6.69. The summed E-state index contributed by atoms with van der Waals surface area (Å²) in [6.07, 6.45) is 1.85. The Bertz CT molecular complexity index is 682. The molecule has 0 aliphatic carbocycles. The second kappa shape index (κ2) is 8.98. The van der Waals surface area contributed by atoms with Crippen LogP contribution in [0.4, 0.5) is 0 Å². The third kappa shape index (κ3) is 5.62. The second-order valence-electron chi connectivity index (χ2n) is 5.69. The van der Waals surface area contributed by atoms with Crippen LogP contribution in [0.25, 0.3) is 0 Å². The molecule has 2 amide bonds. The minimum Gasteiger partial charge on any atom is -0.344 e. The number of hydrogen-bond acceptors (Lipinski definition) is 4. The molecule has 6 heteroatoms. The number of rotatable bonds is 7. The fraction of sp³-hybridized carbons (Fsp3) is 0.278. The van der Waals surface area contributed by atoms with Gasteiger partial charge < -0.3 is 5.32 Å². The summed E-state index contributed by atoms with van der Waals surface area (Å²) in [5.41, 5.74) is 3.38. The molecule has 5 nitrogen and oxygen atoms in total. The van der Waals surface area contributed by atoms with Gasteiger partial charge in [0.1, 0.15) is 6.04 Å². The summed E-state index contributed by atoms with van der Waals surface area (Å²) >= 11 is 1.52. The lowest BCUT2D eigenvalue weighted by atomic mass is 10.0. The van der Waals surface area contributed by atoms with Gasteiger partial charge in [-0.05, 0) is 22.9 Å². The molecule has 0 saturated carbocycles. The van der Waals surface area contributed by atoms with E-state index in [-0.39, 0.29) is 24.2 Å². The fourth-order valence-electron chi connectivity index (χ4n) is 2.11. The zero-order valence-corrected chi connectivity index (χ0v) is 14.5. The van der Waals surface area contributed by atoms with E-state index in [4.69, 9.17) is 0 Å². The van der Waals surface area contributed by atoms with E-state index in [2.05, 4.69) is 15.8 Å². The summed E-state index contributed by atoms with van der Waals surface area (Å²) in [6, 6.07) is 12.7. The van der Waals surface area contributed by atoms with Crippen LogP contribution in [0.15, 0.2) is 52.9 Å². The van der Waals surface area contributed by atoms with Crippen molar-refractivity contribution >= 4 is 29.4 Å².